The number of hydrogen-bond acceptors (Lipinski definition) is 3. The van der Waals surface area contributed by atoms with Gasteiger partial charge in [-0.15, -0.1) is 11.3 Å². The quantitative estimate of drug-likeness (QED) is 0.652. The van der Waals surface area contributed by atoms with Crippen molar-refractivity contribution in [3.63, 3.8) is 0 Å². The zero-order chi connectivity index (χ0) is 16.0. The number of fused-ring (bicyclic) bond motifs is 3. The van der Waals surface area contributed by atoms with Crippen LogP contribution < -0.4 is 5.56 Å². The van der Waals surface area contributed by atoms with E-state index in [1.54, 1.807) is 22.2 Å². The summed E-state index contributed by atoms with van der Waals surface area (Å²) in [4.78, 5) is 19.8. The van der Waals surface area contributed by atoms with Crippen LogP contribution >= 0.6 is 27.3 Å². The van der Waals surface area contributed by atoms with Gasteiger partial charge >= 0.3 is 0 Å². The van der Waals surface area contributed by atoms with Gasteiger partial charge in [0.05, 0.1) is 18.3 Å². The number of aryl methyl sites for hydroxylation is 1. The zero-order valence-electron chi connectivity index (χ0n) is 12.9. The minimum Gasteiger partial charge on any atom is -0.294 e. The van der Waals surface area contributed by atoms with E-state index in [-0.39, 0.29) is 5.56 Å². The van der Waals surface area contributed by atoms with E-state index >= 15 is 0 Å². The van der Waals surface area contributed by atoms with Crippen LogP contribution in [0, 0.1) is 5.92 Å². The number of thiophene rings is 1. The molecule has 118 valence electrons. The lowest BCUT2D eigenvalue weighted by atomic mass is 9.89. The van der Waals surface area contributed by atoms with E-state index in [4.69, 9.17) is 0 Å². The van der Waals surface area contributed by atoms with Gasteiger partial charge in [0, 0.05) is 9.35 Å². The van der Waals surface area contributed by atoms with Gasteiger partial charge in [0.15, 0.2) is 0 Å². The number of rotatable bonds is 2. The first-order chi connectivity index (χ1) is 11.1. The normalized spacial score (nSPS) is 17.4. The summed E-state index contributed by atoms with van der Waals surface area (Å²) >= 11 is 5.26. The van der Waals surface area contributed by atoms with E-state index in [0.717, 1.165) is 39.5 Å². The van der Waals surface area contributed by atoms with E-state index < -0.39 is 0 Å². The molecule has 3 aromatic rings. The molecule has 0 fully saturated rings. The predicted molar refractivity (Wildman–Crippen MR) is 98.3 cm³/mol. The smallest absolute Gasteiger partial charge is 0.262 e. The maximum absolute atomic E-state index is 13.0. The maximum Gasteiger partial charge on any atom is 0.262 e. The fourth-order valence-corrected chi connectivity index (χ4v) is 5.04. The number of hydrogen-bond donors (Lipinski definition) is 0. The highest BCUT2D eigenvalue weighted by atomic mass is 79.9. The molecule has 0 aliphatic heterocycles. The Kier molecular flexibility index (Phi) is 3.85. The van der Waals surface area contributed by atoms with Crippen molar-refractivity contribution in [2.45, 2.75) is 32.7 Å². The first-order valence-electron chi connectivity index (χ1n) is 7.86. The molecule has 4 rings (SSSR count). The Balaban J connectivity index is 1.82. The van der Waals surface area contributed by atoms with Crippen molar-refractivity contribution in [2.75, 3.05) is 0 Å². The molecule has 0 radical (unpaired) electrons. The van der Waals surface area contributed by atoms with Crippen molar-refractivity contribution in [1.82, 2.24) is 9.55 Å². The van der Waals surface area contributed by atoms with Crippen molar-refractivity contribution in [2.24, 2.45) is 5.92 Å². The molecule has 2 aromatic heterocycles. The van der Waals surface area contributed by atoms with Gasteiger partial charge in [0.1, 0.15) is 4.83 Å². The lowest BCUT2D eigenvalue weighted by Crippen LogP contribution is -2.22. The van der Waals surface area contributed by atoms with Crippen molar-refractivity contribution in [3.8, 4) is 0 Å². The third-order valence-electron chi connectivity index (χ3n) is 4.58. The second-order valence-corrected chi connectivity index (χ2v) is 8.24. The molecule has 0 saturated carbocycles. The van der Waals surface area contributed by atoms with E-state index in [9.17, 15) is 4.79 Å². The molecule has 1 aliphatic carbocycles. The second-order valence-electron chi connectivity index (χ2n) is 6.30. The largest absolute Gasteiger partial charge is 0.294 e. The molecule has 2 heterocycles. The lowest BCUT2D eigenvalue weighted by Gasteiger charge is -2.17. The van der Waals surface area contributed by atoms with Crippen LogP contribution in [0.3, 0.4) is 0 Å². The predicted octanol–water partition coefficient (Wildman–Crippen LogP) is 4.39. The van der Waals surface area contributed by atoms with Gasteiger partial charge in [-0.3, -0.25) is 9.36 Å². The topological polar surface area (TPSA) is 34.9 Å². The molecule has 1 aromatic carbocycles. The molecule has 23 heavy (non-hydrogen) atoms. The van der Waals surface area contributed by atoms with E-state index in [0.29, 0.717) is 12.5 Å². The average molecular weight is 389 g/mol. The van der Waals surface area contributed by atoms with Gasteiger partial charge in [-0.1, -0.05) is 41.1 Å². The fraction of sp³-hybridized carbons (Fsp3) is 0.333. The van der Waals surface area contributed by atoms with Crippen molar-refractivity contribution < 1.29 is 0 Å². The monoisotopic (exact) mass is 388 g/mol. The van der Waals surface area contributed by atoms with E-state index in [1.165, 1.54) is 10.4 Å². The van der Waals surface area contributed by atoms with Crippen molar-refractivity contribution in [1.29, 1.82) is 0 Å². The number of aromatic nitrogens is 2. The molecule has 0 N–H and O–H groups in total. The van der Waals surface area contributed by atoms with Crippen LogP contribution in [0.4, 0.5) is 0 Å². The Morgan fingerprint density at radius 1 is 1.39 bits per heavy atom. The minimum atomic E-state index is 0.0952. The summed E-state index contributed by atoms with van der Waals surface area (Å²) in [6.45, 7) is 2.83. The third kappa shape index (κ3) is 2.66. The molecule has 0 amide bonds. The van der Waals surface area contributed by atoms with Crippen LogP contribution in [0.25, 0.3) is 10.2 Å². The summed E-state index contributed by atoms with van der Waals surface area (Å²) in [5, 5.41) is 0.853. The van der Waals surface area contributed by atoms with Gasteiger partial charge in [0.2, 0.25) is 0 Å². The standard InChI is InChI=1S/C18H17BrN2OS/c1-11-6-7-13-15(8-11)23-17-16(13)18(22)21(10-20-17)9-12-4-2-3-5-14(12)19/h2-5,10-11H,6-9H2,1H3/t11-/m0/s1. The maximum atomic E-state index is 13.0. The summed E-state index contributed by atoms with van der Waals surface area (Å²) in [6, 6.07) is 8.00. The second kappa shape index (κ2) is 5.87. The van der Waals surface area contributed by atoms with E-state index in [1.807, 2.05) is 24.3 Å². The van der Waals surface area contributed by atoms with Crippen LogP contribution in [0.15, 0.2) is 39.9 Å². The molecule has 0 unspecified atom stereocenters. The van der Waals surface area contributed by atoms with Gasteiger partial charge in [-0.05, 0) is 42.4 Å². The summed E-state index contributed by atoms with van der Waals surface area (Å²) in [7, 11) is 0. The lowest BCUT2D eigenvalue weighted by molar-refractivity contribution is 0.509. The van der Waals surface area contributed by atoms with Crippen LogP contribution in [-0.2, 0) is 19.4 Å². The number of nitrogens with zero attached hydrogens (tertiary/aromatic N) is 2. The zero-order valence-corrected chi connectivity index (χ0v) is 15.3. The number of halogens is 1. The number of benzene rings is 1. The molecule has 3 nitrogen and oxygen atoms in total. The van der Waals surface area contributed by atoms with Crippen LogP contribution in [0.1, 0.15) is 29.3 Å². The molecule has 5 heteroatoms. The highest BCUT2D eigenvalue weighted by Crippen LogP contribution is 2.35. The molecule has 1 atom stereocenters. The van der Waals surface area contributed by atoms with Gasteiger partial charge in [0.25, 0.3) is 5.56 Å². The highest BCUT2D eigenvalue weighted by molar-refractivity contribution is 9.10. The summed E-state index contributed by atoms with van der Waals surface area (Å²) in [5.41, 5.74) is 2.44. The molecule has 1 aliphatic rings. The molecule has 0 bridgehead atoms. The summed E-state index contributed by atoms with van der Waals surface area (Å²) in [6.07, 6.45) is 4.94. The summed E-state index contributed by atoms with van der Waals surface area (Å²) < 4.78 is 2.75. The fourth-order valence-electron chi connectivity index (χ4n) is 3.29. The average Bonchev–Trinajstić information content (AvgIpc) is 2.90. The Morgan fingerprint density at radius 3 is 3.04 bits per heavy atom. The van der Waals surface area contributed by atoms with Gasteiger partial charge in [-0.25, -0.2) is 4.98 Å². The summed E-state index contributed by atoms with van der Waals surface area (Å²) in [5.74, 6) is 0.707. The Bertz CT molecular complexity index is 944. The van der Waals surface area contributed by atoms with Crippen molar-refractivity contribution >= 4 is 37.5 Å². The minimum absolute atomic E-state index is 0.0952. The third-order valence-corrected chi connectivity index (χ3v) is 6.52. The Labute approximate surface area is 147 Å². The van der Waals surface area contributed by atoms with Crippen LogP contribution in [-0.4, -0.2) is 9.55 Å². The SMILES string of the molecule is C[C@H]1CCc2c(sc3ncn(Cc4ccccc4Br)c(=O)c23)C1. The molecule has 0 spiro atoms. The highest BCUT2D eigenvalue weighted by Gasteiger charge is 2.23. The van der Waals surface area contributed by atoms with Gasteiger partial charge in [-0.2, -0.15) is 0 Å². The first kappa shape index (κ1) is 15.1. The molecular formula is C18H17BrN2OS. The molecular weight excluding hydrogens is 372 g/mol. The van der Waals surface area contributed by atoms with E-state index in [2.05, 4.69) is 27.8 Å². The Morgan fingerprint density at radius 2 is 2.22 bits per heavy atom. The van der Waals surface area contributed by atoms with Crippen molar-refractivity contribution in [3.05, 3.63) is 61.4 Å². The Hall–Kier alpha value is -1.46. The molecule has 0 saturated heterocycles. The first-order valence-corrected chi connectivity index (χ1v) is 9.47. The van der Waals surface area contributed by atoms with Crippen LogP contribution in [0.2, 0.25) is 0 Å². The van der Waals surface area contributed by atoms with Crippen LogP contribution in [0.5, 0.6) is 0 Å². The van der Waals surface area contributed by atoms with Gasteiger partial charge < -0.3 is 0 Å².